The molecule has 4 nitrogen and oxygen atoms in total. The van der Waals surface area contributed by atoms with Crippen LogP contribution >= 0.6 is 0 Å². The van der Waals surface area contributed by atoms with E-state index in [1.54, 1.807) is 6.20 Å². The molecule has 0 aliphatic carbocycles. The van der Waals surface area contributed by atoms with E-state index < -0.39 is 0 Å². The lowest BCUT2D eigenvalue weighted by Gasteiger charge is -2.22. The number of benzene rings is 1. The molecule has 0 radical (unpaired) electrons. The molecule has 2 heterocycles. The monoisotopic (exact) mass is 264 g/mol. The minimum atomic E-state index is 0.557. The van der Waals surface area contributed by atoms with Crippen molar-refractivity contribution in [2.75, 3.05) is 18.0 Å². The van der Waals surface area contributed by atoms with Gasteiger partial charge in [0.2, 0.25) is 0 Å². The van der Waals surface area contributed by atoms with E-state index >= 15 is 0 Å². The summed E-state index contributed by atoms with van der Waals surface area (Å²) in [5, 5.41) is 9.23. The molecule has 20 heavy (non-hydrogen) atoms. The molecule has 1 aliphatic heterocycles. The predicted molar refractivity (Wildman–Crippen MR) is 77.5 cm³/mol. The number of nitriles is 1. The Labute approximate surface area is 118 Å². The molecule has 0 unspecified atom stereocenters. The zero-order chi connectivity index (χ0) is 13.9. The number of rotatable bonds is 1. The third kappa shape index (κ3) is 2.35. The van der Waals surface area contributed by atoms with Gasteiger partial charge in [0.1, 0.15) is 23.3 Å². The van der Waals surface area contributed by atoms with E-state index in [-0.39, 0.29) is 0 Å². The van der Waals surface area contributed by atoms with Crippen molar-refractivity contribution in [3.05, 3.63) is 53.0 Å². The fourth-order valence-corrected chi connectivity index (χ4v) is 2.66. The van der Waals surface area contributed by atoms with Gasteiger partial charge < -0.3 is 4.90 Å². The summed E-state index contributed by atoms with van der Waals surface area (Å²) in [6.45, 7) is 3.64. The van der Waals surface area contributed by atoms with Gasteiger partial charge in [-0.05, 0) is 30.9 Å². The van der Waals surface area contributed by atoms with Crippen molar-refractivity contribution >= 4 is 5.82 Å². The van der Waals surface area contributed by atoms with Crippen LogP contribution in [0.4, 0.5) is 5.82 Å². The molecule has 0 saturated heterocycles. The average molecular weight is 264 g/mol. The maximum Gasteiger partial charge on any atom is 0.150 e. The van der Waals surface area contributed by atoms with Crippen molar-refractivity contribution in [3.8, 4) is 6.07 Å². The number of hydrogen-bond acceptors (Lipinski definition) is 4. The van der Waals surface area contributed by atoms with Crippen LogP contribution in [0.25, 0.3) is 0 Å². The molecule has 1 aromatic carbocycles. The largest absolute Gasteiger partial charge is 0.355 e. The van der Waals surface area contributed by atoms with E-state index in [4.69, 9.17) is 0 Å². The fourth-order valence-electron chi connectivity index (χ4n) is 2.66. The molecule has 0 fully saturated rings. The second-order valence-electron chi connectivity index (χ2n) is 5.02. The van der Waals surface area contributed by atoms with Crippen molar-refractivity contribution in [1.29, 1.82) is 5.26 Å². The zero-order valence-electron chi connectivity index (χ0n) is 11.5. The van der Waals surface area contributed by atoms with Gasteiger partial charge >= 0.3 is 0 Å². The second-order valence-corrected chi connectivity index (χ2v) is 5.02. The summed E-state index contributed by atoms with van der Waals surface area (Å²) >= 11 is 0. The normalized spacial score (nSPS) is 14.3. The van der Waals surface area contributed by atoms with Crippen LogP contribution in [0.1, 0.15) is 22.5 Å². The highest BCUT2D eigenvalue weighted by Crippen LogP contribution is 2.22. The first kappa shape index (κ1) is 12.6. The Morgan fingerprint density at radius 2 is 1.80 bits per heavy atom. The van der Waals surface area contributed by atoms with Crippen molar-refractivity contribution in [2.24, 2.45) is 0 Å². The Morgan fingerprint density at radius 3 is 2.40 bits per heavy atom. The summed E-state index contributed by atoms with van der Waals surface area (Å²) in [5.41, 5.74) is 3.36. The lowest BCUT2D eigenvalue weighted by Crippen LogP contribution is -2.28. The van der Waals surface area contributed by atoms with Gasteiger partial charge in [-0.15, -0.1) is 0 Å². The van der Waals surface area contributed by atoms with Crippen molar-refractivity contribution in [3.63, 3.8) is 0 Å². The SMILES string of the molecule is Cc1ncc(C#N)c(N2CCc3ccccc3CC2)n1. The number of aromatic nitrogens is 2. The standard InChI is InChI=1S/C16H16N4/c1-12-18-11-15(10-17)16(19-12)20-8-6-13-4-2-3-5-14(13)7-9-20/h2-5,11H,6-9H2,1H3. The molecule has 3 rings (SSSR count). The molecule has 2 aromatic rings. The van der Waals surface area contributed by atoms with Gasteiger partial charge in [0, 0.05) is 13.1 Å². The van der Waals surface area contributed by atoms with Gasteiger partial charge in [-0.25, -0.2) is 9.97 Å². The Morgan fingerprint density at radius 1 is 1.15 bits per heavy atom. The molecule has 0 bridgehead atoms. The van der Waals surface area contributed by atoms with E-state index in [1.165, 1.54) is 11.1 Å². The van der Waals surface area contributed by atoms with Gasteiger partial charge in [0.25, 0.3) is 0 Å². The Hall–Kier alpha value is -2.41. The highest BCUT2D eigenvalue weighted by atomic mass is 15.2. The third-order valence-electron chi connectivity index (χ3n) is 3.73. The summed E-state index contributed by atoms with van der Waals surface area (Å²) in [6, 6.07) is 10.7. The molecule has 0 saturated carbocycles. The molecule has 0 spiro atoms. The first-order valence-corrected chi connectivity index (χ1v) is 6.83. The first-order chi connectivity index (χ1) is 9.78. The molecule has 1 aromatic heterocycles. The average Bonchev–Trinajstić information content (AvgIpc) is 2.70. The van der Waals surface area contributed by atoms with Crippen LogP contribution in [0.15, 0.2) is 30.5 Å². The highest BCUT2D eigenvalue weighted by molar-refractivity contribution is 5.53. The predicted octanol–water partition coefficient (Wildman–Crippen LogP) is 2.26. The summed E-state index contributed by atoms with van der Waals surface area (Å²) in [5.74, 6) is 1.48. The number of aryl methyl sites for hydroxylation is 1. The van der Waals surface area contributed by atoms with Gasteiger partial charge in [-0.1, -0.05) is 24.3 Å². The van der Waals surface area contributed by atoms with Gasteiger partial charge in [0.15, 0.2) is 0 Å². The number of anilines is 1. The third-order valence-corrected chi connectivity index (χ3v) is 3.73. The molecule has 0 atom stereocenters. The van der Waals surface area contributed by atoms with Crippen molar-refractivity contribution in [2.45, 2.75) is 19.8 Å². The van der Waals surface area contributed by atoms with Gasteiger partial charge in [-0.2, -0.15) is 5.26 Å². The Balaban J connectivity index is 1.91. The molecule has 0 amide bonds. The molecule has 4 heteroatoms. The van der Waals surface area contributed by atoms with Crippen LogP contribution in [0.3, 0.4) is 0 Å². The molecular formula is C16H16N4. The summed E-state index contributed by atoms with van der Waals surface area (Å²) in [7, 11) is 0. The van der Waals surface area contributed by atoms with Crippen LogP contribution in [0.2, 0.25) is 0 Å². The lowest BCUT2D eigenvalue weighted by molar-refractivity contribution is 0.781. The minimum Gasteiger partial charge on any atom is -0.355 e. The maximum atomic E-state index is 9.23. The maximum absolute atomic E-state index is 9.23. The minimum absolute atomic E-state index is 0.557. The van der Waals surface area contributed by atoms with Crippen LogP contribution in [0.5, 0.6) is 0 Å². The smallest absolute Gasteiger partial charge is 0.150 e. The number of fused-ring (bicyclic) bond motifs is 1. The molecule has 1 aliphatic rings. The van der Waals surface area contributed by atoms with E-state index in [1.807, 2.05) is 6.92 Å². The van der Waals surface area contributed by atoms with Gasteiger partial charge in [0.05, 0.1) is 6.20 Å². The highest BCUT2D eigenvalue weighted by Gasteiger charge is 2.18. The van der Waals surface area contributed by atoms with Crippen LogP contribution in [0, 0.1) is 18.3 Å². The quantitative estimate of drug-likeness (QED) is 0.792. The van der Waals surface area contributed by atoms with Crippen LogP contribution in [-0.2, 0) is 12.8 Å². The van der Waals surface area contributed by atoms with E-state index in [0.717, 1.165) is 31.7 Å². The summed E-state index contributed by atoms with van der Waals surface area (Å²) in [4.78, 5) is 10.8. The topological polar surface area (TPSA) is 52.8 Å². The lowest BCUT2D eigenvalue weighted by atomic mass is 10.0. The van der Waals surface area contributed by atoms with Gasteiger partial charge in [-0.3, -0.25) is 0 Å². The zero-order valence-corrected chi connectivity index (χ0v) is 11.5. The fraction of sp³-hybridized carbons (Fsp3) is 0.312. The van der Waals surface area contributed by atoms with E-state index in [0.29, 0.717) is 11.4 Å². The molecule has 0 N–H and O–H groups in total. The Kier molecular flexibility index (Phi) is 3.34. The van der Waals surface area contributed by atoms with Crippen molar-refractivity contribution < 1.29 is 0 Å². The summed E-state index contributed by atoms with van der Waals surface area (Å²) in [6.07, 6.45) is 3.60. The van der Waals surface area contributed by atoms with E-state index in [9.17, 15) is 5.26 Å². The summed E-state index contributed by atoms with van der Waals surface area (Å²) < 4.78 is 0. The number of nitrogens with zero attached hydrogens (tertiary/aromatic N) is 4. The van der Waals surface area contributed by atoms with Crippen molar-refractivity contribution in [1.82, 2.24) is 9.97 Å². The van der Waals surface area contributed by atoms with Crippen LogP contribution < -0.4 is 4.90 Å². The van der Waals surface area contributed by atoms with Crippen LogP contribution in [-0.4, -0.2) is 23.1 Å². The second kappa shape index (κ2) is 5.30. The van der Waals surface area contributed by atoms with E-state index in [2.05, 4.69) is 45.2 Å². The number of hydrogen-bond donors (Lipinski definition) is 0. The Bertz CT molecular complexity index is 645. The first-order valence-electron chi connectivity index (χ1n) is 6.83. The molecule has 100 valence electrons. The molecular weight excluding hydrogens is 248 g/mol.